The fourth-order valence-corrected chi connectivity index (χ4v) is 2.33. The van der Waals surface area contributed by atoms with Gasteiger partial charge in [-0.15, -0.1) is 11.3 Å². The molecular weight excluding hydrogens is 246 g/mol. The first-order chi connectivity index (χ1) is 6.05. The first-order valence-electron chi connectivity index (χ1n) is 4.52. The summed E-state index contributed by atoms with van der Waals surface area (Å²) in [5, 5.41) is 5.64. The zero-order valence-corrected chi connectivity index (χ0v) is 10.8. The van der Waals surface area contributed by atoms with Gasteiger partial charge in [-0.1, -0.05) is 6.92 Å². The molecule has 0 fully saturated rings. The van der Waals surface area contributed by atoms with Crippen molar-refractivity contribution in [2.45, 2.75) is 39.3 Å². The molecule has 13 heavy (non-hydrogen) atoms. The summed E-state index contributed by atoms with van der Waals surface area (Å²) in [4.78, 5) is 1.38. The van der Waals surface area contributed by atoms with Gasteiger partial charge in [-0.25, -0.2) is 0 Å². The number of nitrogens with one attached hydrogen (secondary N) is 1. The molecule has 0 aliphatic carbocycles. The Labute approximate surface area is 92.7 Å². The van der Waals surface area contributed by atoms with Crippen LogP contribution in [0.4, 0.5) is 0 Å². The van der Waals surface area contributed by atoms with Crippen LogP contribution in [0.15, 0.2) is 15.9 Å². The SMILES string of the molecule is CCC(C)(C)NCc1sccc1Br. The fraction of sp³-hybridized carbons (Fsp3) is 0.600. The van der Waals surface area contributed by atoms with Crippen LogP contribution in [-0.4, -0.2) is 5.54 Å². The molecule has 0 unspecified atom stereocenters. The number of halogens is 1. The highest BCUT2D eigenvalue weighted by Gasteiger charge is 2.14. The molecule has 1 aromatic rings. The third-order valence-electron chi connectivity index (χ3n) is 2.30. The maximum Gasteiger partial charge on any atom is 0.0327 e. The van der Waals surface area contributed by atoms with E-state index in [1.54, 1.807) is 11.3 Å². The van der Waals surface area contributed by atoms with Gasteiger partial charge in [0.15, 0.2) is 0 Å². The van der Waals surface area contributed by atoms with Crippen LogP contribution >= 0.6 is 27.3 Å². The van der Waals surface area contributed by atoms with Crippen LogP contribution in [0.25, 0.3) is 0 Å². The molecule has 1 aromatic heterocycles. The van der Waals surface area contributed by atoms with E-state index in [1.165, 1.54) is 9.35 Å². The van der Waals surface area contributed by atoms with Crippen molar-refractivity contribution < 1.29 is 0 Å². The summed E-state index contributed by atoms with van der Waals surface area (Å²) in [5.74, 6) is 0. The molecule has 0 aliphatic heterocycles. The number of hydrogen-bond acceptors (Lipinski definition) is 2. The topological polar surface area (TPSA) is 12.0 Å². The van der Waals surface area contributed by atoms with E-state index >= 15 is 0 Å². The summed E-state index contributed by atoms with van der Waals surface area (Å²) >= 11 is 5.32. The molecule has 1 rings (SSSR count). The Morgan fingerprint density at radius 3 is 2.69 bits per heavy atom. The molecule has 0 aromatic carbocycles. The van der Waals surface area contributed by atoms with Gasteiger partial charge < -0.3 is 5.32 Å². The zero-order valence-electron chi connectivity index (χ0n) is 8.36. The molecule has 1 heterocycles. The van der Waals surface area contributed by atoms with Crippen LogP contribution in [0, 0.1) is 0 Å². The smallest absolute Gasteiger partial charge is 0.0327 e. The van der Waals surface area contributed by atoms with E-state index in [0.29, 0.717) is 0 Å². The highest BCUT2D eigenvalue weighted by atomic mass is 79.9. The number of thiophene rings is 1. The van der Waals surface area contributed by atoms with Crippen LogP contribution in [0.3, 0.4) is 0 Å². The summed E-state index contributed by atoms with van der Waals surface area (Å²) in [7, 11) is 0. The maximum absolute atomic E-state index is 3.53. The van der Waals surface area contributed by atoms with Crippen LogP contribution in [0.1, 0.15) is 32.1 Å². The molecular formula is C10H16BrNS. The van der Waals surface area contributed by atoms with Gasteiger partial charge in [0, 0.05) is 21.4 Å². The monoisotopic (exact) mass is 261 g/mol. The second kappa shape index (κ2) is 4.58. The molecule has 1 N–H and O–H groups in total. The summed E-state index contributed by atoms with van der Waals surface area (Å²) in [6.45, 7) is 7.62. The Morgan fingerprint density at radius 1 is 1.54 bits per heavy atom. The van der Waals surface area contributed by atoms with Gasteiger partial charge >= 0.3 is 0 Å². The minimum absolute atomic E-state index is 0.240. The highest BCUT2D eigenvalue weighted by Crippen LogP contribution is 2.23. The third kappa shape index (κ3) is 3.41. The largest absolute Gasteiger partial charge is 0.307 e. The Balaban J connectivity index is 2.48. The molecule has 0 radical (unpaired) electrons. The van der Waals surface area contributed by atoms with E-state index in [2.05, 4.69) is 53.5 Å². The minimum atomic E-state index is 0.240. The van der Waals surface area contributed by atoms with Crippen molar-refractivity contribution in [3.63, 3.8) is 0 Å². The molecule has 0 atom stereocenters. The normalized spacial score (nSPS) is 12.0. The summed E-state index contributed by atoms with van der Waals surface area (Å²) < 4.78 is 1.22. The maximum atomic E-state index is 3.53. The molecule has 0 amide bonds. The molecule has 0 spiro atoms. The molecule has 1 nitrogen and oxygen atoms in total. The first kappa shape index (κ1) is 11.2. The minimum Gasteiger partial charge on any atom is -0.307 e. The van der Waals surface area contributed by atoms with Gasteiger partial charge in [-0.3, -0.25) is 0 Å². The fourth-order valence-electron chi connectivity index (χ4n) is 0.896. The van der Waals surface area contributed by atoms with Gasteiger partial charge in [-0.2, -0.15) is 0 Å². The number of hydrogen-bond donors (Lipinski definition) is 1. The van der Waals surface area contributed by atoms with Crippen molar-refractivity contribution in [1.82, 2.24) is 5.32 Å². The zero-order chi connectivity index (χ0) is 9.90. The van der Waals surface area contributed by atoms with Crippen molar-refractivity contribution in [3.8, 4) is 0 Å². The lowest BCUT2D eigenvalue weighted by Gasteiger charge is -2.24. The van der Waals surface area contributed by atoms with Gasteiger partial charge in [-0.05, 0) is 47.6 Å². The van der Waals surface area contributed by atoms with Crippen LogP contribution in [0.5, 0.6) is 0 Å². The van der Waals surface area contributed by atoms with Crippen molar-refractivity contribution in [1.29, 1.82) is 0 Å². The molecule has 3 heteroatoms. The van der Waals surface area contributed by atoms with Gasteiger partial charge in [0.1, 0.15) is 0 Å². The average molecular weight is 262 g/mol. The lowest BCUT2D eigenvalue weighted by molar-refractivity contribution is 0.376. The van der Waals surface area contributed by atoms with Crippen LogP contribution in [0.2, 0.25) is 0 Å². The van der Waals surface area contributed by atoms with E-state index in [0.717, 1.165) is 13.0 Å². The predicted octanol–water partition coefficient (Wildman–Crippen LogP) is 3.79. The van der Waals surface area contributed by atoms with E-state index in [1.807, 2.05) is 0 Å². The molecule has 0 saturated heterocycles. The predicted molar refractivity (Wildman–Crippen MR) is 63.2 cm³/mol. The van der Waals surface area contributed by atoms with Gasteiger partial charge in [0.25, 0.3) is 0 Å². The Hall–Kier alpha value is 0.140. The Kier molecular flexibility index (Phi) is 3.95. The van der Waals surface area contributed by atoms with E-state index in [-0.39, 0.29) is 5.54 Å². The Morgan fingerprint density at radius 2 is 2.23 bits per heavy atom. The van der Waals surface area contributed by atoms with Crippen LogP contribution in [-0.2, 0) is 6.54 Å². The molecule has 74 valence electrons. The van der Waals surface area contributed by atoms with Crippen molar-refractivity contribution in [2.24, 2.45) is 0 Å². The van der Waals surface area contributed by atoms with E-state index < -0.39 is 0 Å². The highest BCUT2D eigenvalue weighted by molar-refractivity contribution is 9.10. The molecule has 0 bridgehead atoms. The van der Waals surface area contributed by atoms with Crippen LogP contribution < -0.4 is 5.32 Å². The van der Waals surface area contributed by atoms with Crippen molar-refractivity contribution >= 4 is 27.3 Å². The quantitative estimate of drug-likeness (QED) is 0.870. The van der Waals surface area contributed by atoms with E-state index in [4.69, 9.17) is 0 Å². The van der Waals surface area contributed by atoms with Crippen molar-refractivity contribution in [3.05, 3.63) is 20.8 Å². The average Bonchev–Trinajstić information content (AvgIpc) is 2.48. The van der Waals surface area contributed by atoms with Crippen molar-refractivity contribution in [2.75, 3.05) is 0 Å². The summed E-state index contributed by atoms with van der Waals surface area (Å²) in [5.41, 5.74) is 0.240. The standard InChI is InChI=1S/C10H16BrNS/c1-4-10(2,3)12-7-9-8(11)5-6-13-9/h5-6,12H,4,7H2,1-3H3. The van der Waals surface area contributed by atoms with E-state index in [9.17, 15) is 0 Å². The third-order valence-corrected chi connectivity index (χ3v) is 4.23. The Bertz CT molecular complexity index is 268. The first-order valence-corrected chi connectivity index (χ1v) is 6.19. The lowest BCUT2D eigenvalue weighted by atomic mass is 10.0. The number of rotatable bonds is 4. The summed E-state index contributed by atoms with van der Waals surface area (Å²) in [6, 6.07) is 2.10. The van der Waals surface area contributed by atoms with Gasteiger partial charge in [0.2, 0.25) is 0 Å². The summed E-state index contributed by atoms with van der Waals surface area (Å²) in [6.07, 6.45) is 1.15. The van der Waals surface area contributed by atoms with Gasteiger partial charge in [0.05, 0.1) is 0 Å². The second-order valence-electron chi connectivity index (χ2n) is 3.78. The molecule has 0 aliphatic rings. The molecule has 0 saturated carbocycles. The lowest BCUT2D eigenvalue weighted by Crippen LogP contribution is -2.37. The second-order valence-corrected chi connectivity index (χ2v) is 5.64.